The largest absolute Gasteiger partial charge is 0.377 e. The minimum atomic E-state index is 0.388. The van der Waals surface area contributed by atoms with Gasteiger partial charge in [0.25, 0.3) is 0 Å². The van der Waals surface area contributed by atoms with Crippen molar-refractivity contribution in [2.75, 3.05) is 31.2 Å². The van der Waals surface area contributed by atoms with Gasteiger partial charge in [-0.3, -0.25) is 0 Å². The van der Waals surface area contributed by atoms with Crippen LogP contribution in [-0.4, -0.2) is 32.3 Å². The van der Waals surface area contributed by atoms with E-state index in [0.29, 0.717) is 12.6 Å². The van der Waals surface area contributed by atoms with Crippen LogP contribution < -0.4 is 10.6 Å². The first-order valence-electron chi connectivity index (χ1n) is 6.05. The molecule has 0 radical (unpaired) electrons. The molecular formula is C13H19ClN2O. The molecule has 1 unspecified atom stereocenters. The van der Waals surface area contributed by atoms with Gasteiger partial charge < -0.3 is 15.4 Å². The molecule has 0 spiro atoms. The highest BCUT2D eigenvalue weighted by Crippen LogP contribution is 2.28. The second kappa shape index (κ2) is 5.71. The number of morpholine rings is 1. The predicted molar refractivity (Wildman–Crippen MR) is 71.8 cm³/mol. The molecule has 4 heteroatoms. The Bertz CT molecular complexity index is 384. The van der Waals surface area contributed by atoms with Gasteiger partial charge in [-0.2, -0.15) is 0 Å². The van der Waals surface area contributed by atoms with Gasteiger partial charge in [0.05, 0.1) is 13.2 Å². The van der Waals surface area contributed by atoms with Crippen LogP contribution >= 0.6 is 11.6 Å². The second-order valence-electron chi connectivity index (χ2n) is 4.43. The average molecular weight is 255 g/mol. The predicted octanol–water partition coefficient (Wildman–Crippen LogP) is 2.07. The van der Waals surface area contributed by atoms with Crippen LogP contribution in [0.15, 0.2) is 18.2 Å². The van der Waals surface area contributed by atoms with E-state index in [9.17, 15) is 0 Å². The monoisotopic (exact) mass is 254 g/mol. The maximum atomic E-state index is 6.09. The van der Waals surface area contributed by atoms with Crippen LogP contribution in [0.1, 0.15) is 12.5 Å². The number of anilines is 1. The van der Waals surface area contributed by atoms with E-state index >= 15 is 0 Å². The summed E-state index contributed by atoms with van der Waals surface area (Å²) < 4.78 is 5.46. The van der Waals surface area contributed by atoms with Crippen LogP contribution in [-0.2, 0) is 11.2 Å². The van der Waals surface area contributed by atoms with Crippen LogP contribution in [0, 0.1) is 0 Å². The van der Waals surface area contributed by atoms with E-state index in [1.54, 1.807) is 0 Å². The van der Waals surface area contributed by atoms with Gasteiger partial charge in [0.15, 0.2) is 0 Å². The summed E-state index contributed by atoms with van der Waals surface area (Å²) in [4.78, 5) is 2.36. The molecule has 0 amide bonds. The van der Waals surface area contributed by atoms with E-state index in [1.807, 2.05) is 12.1 Å². The Morgan fingerprint density at radius 3 is 3.06 bits per heavy atom. The molecule has 1 fully saturated rings. The Balaban J connectivity index is 2.30. The van der Waals surface area contributed by atoms with Gasteiger partial charge in [0.1, 0.15) is 0 Å². The van der Waals surface area contributed by atoms with Crippen molar-refractivity contribution < 1.29 is 4.74 Å². The highest BCUT2D eigenvalue weighted by atomic mass is 35.5. The van der Waals surface area contributed by atoms with Gasteiger partial charge in [-0.1, -0.05) is 17.7 Å². The van der Waals surface area contributed by atoms with E-state index < -0.39 is 0 Å². The van der Waals surface area contributed by atoms with E-state index in [2.05, 4.69) is 17.9 Å². The zero-order valence-corrected chi connectivity index (χ0v) is 10.9. The number of halogens is 1. The van der Waals surface area contributed by atoms with Crippen molar-refractivity contribution in [3.63, 3.8) is 0 Å². The van der Waals surface area contributed by atoms with Crippen LogP contribution in [0.5, 0.6) is 0 Å². The number of hydrogen-bond donors (Lipinski definition) is 1. The van der Waals surface area contributed by atoms with Crippen molar-refractivity contribution in [3.8, 4) is 0 Å². The fourth-order valence-electron chi connectivity index (χ4n) is 2.26. The van der Waals surface area contributed by atoms with Crippen molar-refractivity contribution in [1.82, 2.24) is 0 Å². The van der Waals surface area contributed by atoms with Crippen LogP contribution in [0.25, 0.3) is 0 Å². The molecular weight excluding hydrogens is 236 g/mol. The SMILES string of the molecule is CC1COCCN1c1cc(Cl)ccc1CCN. The Hall–Kier alpha value is -0.770. The molecule has 94 valence electrons. The van der Waals surface area contributed by atoms with E-state index in [4.69, 9.17) is 22.1 Å². The summed E-state index contributed by atoms with van der Waals surface area (Å²) in [6.45, 7) is 5.30. The van der Waals surface area contributed by atoms with Crippen molar-refractivity contribution in [1.29, 1.82) is 0 Å². The molecule has 2 N–H and O–H groups in total. The first-order valence-corrected chi connectivity index (χ1v) is 6.43. The normalized spacial score (nSPS) is 20.6. The third kappa shape index (κ3) is 2.92. The van der Waals surface area contributed by atoms with Crippen molar-refractivity contribution in [2.45, 2.75) is 19.4 Å². The third-order valence-corrected chi connectivity index (χ3v) is 3.37. The quantitative estimate of drug-likeness (QED) is 0.898. The topological polar surface area (TPSA) is 38.5 Å². The summed E-state index contributed by atoms with van der Waals surface area (Å²) in [5, 5.41) is 0.777. The Labute approximate surface area is 107 Å². The number of ether oxygens (including phenoxy) is 1. The van der Waals surface area contributed by atoms with Crippen LogP contribution in [0.2, 0.25) is 5.02 Å². The highest BCUT2D eigenvalue weighted by Gasteiger charge is 2.21. The number of nitrogens with two attached hydrogens (primary N) is 1. The molecule has 1 heterocycles. The van der Waals surface area contributed by atoms with Gasteiger partial charge in [-0.05, 0) is 37.6 Å². The summed E-state index contributed by atoms with van der Waals surface area (Å²) in [5.41, 5.74) is 8.13. The molecule has 3 nitrogen and oxygen atoms in total. The summed E-state index contributed by atoms with van der Waals surface area (Å²) in [5.74, 6) is 0. The fourth-order valence-corrected chi connectivity index (χ4v) is 2.42. The lowest BCUT2D eigenvalue weighted by Gasteiger charge is -2.36. The van der Waals surface area contributed by atoms with E-state index in [1.165, 1.54) is 11.3 Å². The Morgan fingerprint density at radius 2 is 2.35 bits per heavy atom. The molecule has 1 aliphatic heterocycles. The summed E-state index contributed by atoms with van der Waals surface area (Å²) in [6, 6.07) is 6.43. The van der Waals surface area contributed by atoms with Gasteiger partial charge in [-0.15, -0.1) is 0 Å². The molecule has 0 aromatic heterocycles. The number of hydrogen-bond acceptors (Lipinski definition) is 3. The summed E-state index contributed by atoms with van der Waals surface area (Å²) in [7, 11) is 0. The average Bonchev–Trinajstić information content (AvgIpc) is 2.32. The van der Waals surface area contributed by atoms with Crippen molar-refractivity contribution >= 4 is 17.3 Å². The summed E-state index contributed by atoms with van der Waals surface area (Å²) in [6.07, 6.45) is 0.885. The highest BCUT2D eigenvalue weighted by molar-refractivity contribution is 6.30. The van der Waals surface area contributed by atoms with Gasteiger partial charge in [0.2, 0.25) is 0 Å². The summed E-state index contributed by atoms with van der Waals surface area (Å²) >= 11 is 6.09. The lowest BCUT2D eigenvalue weighted by atomic mass is 10.1. The minimum absolute atomic E-state index is 0.388. The van der Waals surface area contributed by atoms with Crippen molar-refractivity contribution in [2.24, 2.45) is 5.73 Å². The third-order valence-electron chi connectivity index (χ3n) is 3.14. The molecule has 2 rings (SSSR count). The molecule has 1 aromatic carbocycles. The number of rotatable bonds is 3. The maximum Gasteiger partial charge on any atom is 0.0668 e. The maximum absolute atomic E-state index is 6.09. The molecule has 1 atom stereocenters. The molecule has 0 aliphatic carbocycles. The molecule has 1 aliphatic rings. The molecule has 0 saturated carbocycles. The van der Waals surface area contributed by atoms with E-state index in [-0.39, 0.29) is 0 Å². The van der Waals surface area contributed by atoms with Gasteiger partial charge in [0, 0.05) is 23.3 Å². The van der Waals surface area contributed by atoms with Gasteiger partial charge in [-0.25, -0.2) is 0 Å². The van der Waals surface area contributed by atoms with Crippen LogP contribution in [0.3, 0.4) is 0 Å². The second-order valence-corrected chi connectivity index (χ2v) is 4.87. The standard InChI is InChI=1S/C13H19ClN2O/c1-10-9-17-7-6-16(10)13-8-12(14)3-2-11(13)4-5-15/h2-3,8,10H,4-7,9,15H2,1H3. The van der Waals surface area contributed by atoms with E-state index in [0.717, 1.165) is 31.2 Å². The first kappa shape index (κ1) is 12.7. The zero-order valence-electron chi connectivity index (χ0n) is 10.2. The van der Waals surface area contributed by atoms with Gasteiger partial charge >= 0.3 is 0 Å². The Kier molecular flexibility index (Phi) is 4.26. The molecule has 0 bridgehead atoms. The molecule has 1 aromatic rings. The Morgan fingerprint density at radius 1 is 1.53 bits per heavy atom. The first-order chi connectivity index (χ1) is 8.22. The lowest BCUT2D eigenvalue weighted by molar-refractivity contribution is 0.0989. The van der Waals surface area contributed by atoms with Crippen LogP contribution in [0.4, 0.5) is 5.69 Å². The molecule has 1 saturated heterocycles. The lowest BCUT2D eigenvalue weighted by Crippen LogP contribution is -2.44. The molecule has 17 heavy (non-hydrogen) atoms. The number of nitrogens with zero attached hydrogens (tertiary/aromatic N) is 1. The minimum Gasteiger partial charge on any atom is -0.377 e. The fraction of sp³-hybridized carbons (Fsp3) is 0.538. The zero-order chi connectivity index (χ0) is 12.3. The number of benzene rings is 1. The van der Waals surface area contributed by atoms with Crippen molar-refractivity contribution in [3.05, 3.63) is 28.8 Å². The smallest absolute Gasteiger partial charge is 0.0668 e.